The number of H-pyrrole nitrogens is 1. The summed E-state index contributed by atoms with van der Waals surface area (Å²) in [4.78, 5) is 31.7. The number of methoxy groups -OCH3 is 1. The van der Waals surface area contributed by atoms with Gasteiger partial charge in [-0.15, -0.1) is 6.42 Å². The zero-order chi connectivity index (χ0) is 17.1. The number of carbonyl (C=O) groups excluding carboxylic acids is 1. The van der Waals surface area contributed by atoms with Crippen molar-refractivity contribution in [3.63, 3.8) is 0 Å². The van der Waals surface area contributed by atoms with E-state index in [1.165, 1.54) is 11.8 Å². The predicted octanol–water partition coefficient (Wildman–Crippen LogP) is 1.98. The van der Waals surface area contributed by atoms with E-state index in [4.69, 9.17) is 11.2 Å². The number of hydrogen-bond donors (Lipinski definition) is 2. The lowest BCUT2D eigenvalue weighted by Gasteiger charge is -2.24. The zero-order valence-electron chi connectivity index (χ0n) is 13.0. The number of nitrogens with one attached hydrogen (secondary N) is 2. The minimum absolute atomic E-state index is 0.179. The molecule has 2 N–H and O–H groups in total. The highest BCUT2D eigenvalue weighted by molar-refractivity contribution is 7.99. The number of fused-ring (bicyclic) bond motifs is 1. The van der Waals surface area contributed by atoms with Crippen LogP contribution in [0.3, 0.4) is 0 Å². The first-order valence-electron chi connectivity index (χ1n) is 7.26. The number of aromatic amines is 1. The fraction of sp³-hybridized carbons (Fsp3) is 0.235. The highest BCUT2D eigenvalue weighted by Crippen LogP contribution is 2.35. The number of benzene rings is 1. The number of ether oxygens (including phenoxy) is 1. The number of carbonyl (C=O) groups is 1. The molecule has 1 atom stereocenters. The molecule has 1 aromatic carbocycles. The molecule has 0 spiro atoms. The number of anilines is 1. The second-order valence-corrected chi connectivity index (χ2v) is 6.17. The maximum absolute atomic E-state index is 12.5. The van der Waals surface area contributed by atoms with Gasteiger partial charge in [0, 0.05) is 12.3 Å². The van der Waals surface area contributed by atoms with Gasteiger partial charge < -0.3 is 15.0 Å². The number of thioether (sulfide) groups is 1. The Morgan fingerprint density at radius 2 is 2.29 bits per heavy atom. The van der Waals surface area contributed by atoms with Crippen LogP contribution in [0.2, 0.25) is 0 Å². The largest absolute Gasteiger partial charge is 0.497 e. The molecule has 0 saturated heterocycles. The molecule has 1 unspecified atom stereocenters. The van der Waals surface area contributed by atoms with E-state index in [1.807, 2.05) is 24.3 Å². The van der Waals surface area contributed by atoms with Crippen LogP contribution in [0.4, 0.5) is 5.82 Å². The van der Waals surface area contributed by atoms with Crippen LogP contribution in [-0.4, -0.2) is 28.7 Å². The molecule has 0 bridgehead atoms. The van der Waals surface area contributed by atoms with Crippen molar-refractivity contribution in [3.05, 3.63) is 45.7 Å². The Kier molecular flexibility index (Phi) is 4.58. The summed E-state index contributed by atoms with van der Waals surface area (Å²) >= 11 is 1.24. The van der Waals surface area contributed by atoms with Gasteiger partial charge in [0.25, 0.3) is 5.56 Å². The van der Waals surface area contributed by atoms with Gasteiger partial charge >= 0.3 is 0 Å². The van der Waals surface area contributed by atoms with Crippen LogP contribution in [0.1, 0.15) is 23.5 Å². The molecule has 7 heteroatoms. The lowest BCUT2D eigenvalue weighted by Crippen LogP contribution is -2.31. The minimum atomic E-state index is -0.369. The van der Waals surface area contributed by atoms with Gasteiger partial charge in [0.2, 0.25) is 5.91 Å². The molecule has 0 radical (unpaired) electrons. The summed E-state index contributed by atoms with van der Waals surface area (Å²) in [5, 5.41) is 3.07. The van der Waals surface area contributed by atoms with E-state index >= 15 is 0 Å². The standard InChI is InChI=1S/C17H15N3O3S/c1-3-7-24-17-19-15-14(16(22)20-17)12(9-13(21)18-15)10-5-4-6-11(8-10)23-2/h1,4-6,8,12H,7,9H2,2H3,(H2,18,19,20,21,22). The van der Waals surface area contributed by atoms with Crippen molar-refractivity contribution in [2.45, 2.75) is 17.5 Å². The van der Waals surface area contributed by atoms with E-state index in [0.717, 1.165) is 5.56 Å². The fourth-order valence-corrected chi connectivity index (χ4v) is 3.21. The fourth-order valence-electron chi connectivity index (χ4n) is 2.67. The Labute approximate surface area is 143 Å². The van der Waals surface area contributed by atoms with Crippen molar-refractivity contribution in [2.75, 3.05) is 18.2 Å². The van der Waals surface area contributed by atoms with Gasteiger partial charge in [-0.1, -0.05) is 29.8 Å². The molecule has 6 nitrogen and oxygen atoms in total. The van der Waals surface area contributed by atoms with Crippen molar-refractivity contribution in [3.8, 4) is 18.1 Å². The summed E-state index contributed by atoms with van der Waals surface area (Å²) in [5.74, 6) is 3.27. The maximum atomic E-state index is 12.5. The number of nitrogens with zero attached hydrogens (tertiary/aromatic N) is 1. The van der Waals surface area contributed by atoms with Gasteiger partial charge in [-0.2, -0.15) is 0 Å². The lowest BCUT2D eigenvalue weighted by atomic mass is 9.87. The summed E-state index contributed by atoms with van der Waals surface area (Å²) in [6, 6.07) is 7.35. The number of terminal acetylenes is 1. The number of amides is 1. The molecule has 1 aliphatic rings. The van der Waals surface area contributed by atoms with E-state index in [0.29, 0.717) is 28.0 Å². The average molecular weight is 341 g/mol. The predicted molar refractivity (Wildman–Crippen MR) is 92.5 cm³/mol. The number of hydrogen-bond acceptors (Lipinski definition) is 5. The first kappa shape index (κ1) is 16.1. The van der Waals surface area contributed by atoms with Crippen molar-refractivity contribution < 1.29 is 9.53 Å². The molecular formula is C17H15N3O3S. The Bertz CT molecular complexity index is 885. The molecule has 0 fully saturated rings. The Morgan fingerprint density at radius 3 is 3.04 bits per heavy atom. The first-order valence-corrected chi connectivity index (χ1v) is 8.25. The topological polar surface area (TPSA) is 84.1 Å². The van der Waals surface area contributed by atoms with E-state index in [1.54, 1.807) is 7.11 Å². The van der Waals surface area contributed by atoms with Gasteiger partial charge in [0.05, 0.1) is 18.4 Å². The Hall–Kier alpha value is -2.72. The highest BCUT2D eigenvalue weighted by atomic mass is 32.2. The van der Waals surface area contributed by atoms with E-state index < -0.39 is 0 Å². The molecule has 1 aliphatic heterocycles. The molecule has 1 amide bonds. The van der Waals surface area contributed by atoms with Crippen molar-refractivity contribution >= 4 is 23.5 Å². The van der Waals surface area contributed by atoms with Gasteiger partial charge in [-0.25, -0.2) is 4.98 Å². The second kappa shape index (κ2) is 6.81. The summed E-state index contributed by atoms with van der Waals surface area (Å²) in [7, 11) is 1.57. The van der Waals surface area contributed by atoms with E-state index in [9.17, 15) is 9.59 Å². The quantitative estimate of drug-likeness (QED) is 0.505. The minimum Gasteiger partial charge on any atom is -0.497 e. The van der Waals surface area contributed by atoms with Crippen molar-refractivity contribution in [1.82, 2.24) is 9.97 Å². The van der Waals surface area contributed by atoms with E-state index in [-0.39, 0.29) is 23.8 Å². The maximum Gasteiger partial charge on any atom is 0.257 e. The molecule has 122 valence electrons. The first-order chi connectivity index (χ1) is 11.6. The van der Waals surface area contributed by atoms with Crippen LogP contribution in [-0.2, 0) is 4.79 Å². The summed E-state index contributed by atoms with van der Waals surface area (Å²) in [6.07, 6.45) is 5.41. The smallest absolute Gasteiger partial charge is 0.257 e. The zero-order valence-corrected chi connectivity index (χ0v) is 13.8. The third-order valence-corrected chi connectivity index (χ3v) is 4.50. The molecule has 24 heavy (non-hydrogen) atoms. The third-order valence-electron chi connectivity index (χ3n) is 3.72. The molecule has 3 rings (SSSR count). The van der Waals surface area contributed by atoms with Gasteiger partial charge in [-0.3, -0.25) is 9.59 Å². The molecule has 2 aromatic rings. The molecular weight excluding hydrogens is 326 g/mol. The van der Waals surface area contributed by atoms with Crippen LogP contribution in [0, 0.1) is 12.3 Å². The number of aromatic nitrogens is 2. The molecule has 0 saturated carbocycles. The normalized spacial score (nSPS) is 16.0. The van der Waals surface area contributed by atoms with Crippen LogP contribution >= 0.6 is 11.8 Å². The van der Waals surface area contributed by atoms with Crippen LogP contribution in [0.15, 0.2) is 34.2 Å². The van der Waals surface area contributed by atoms with Gasteiger partial charge in [-0.05, 0) is 17.7 Å². The Morgan fingerprint density at radius 1 is 1.46 bits per heavy atom. The van der Waals surface area contributed by atoms with E-state index in [2.05, 4.69) is 21.2 Å². The summed E-state index contributed by atoms with van der Waals surface area (Å²) in [5.41, 5.74) is 1.02. The lowest BCUT2D eigenvalue weighted by molar-refractivity contribution is -0.116. The third kappa shape index (κ3) is 3.14. The summed E-state index contributed by atoms with van der Waals surface area (Å²) in [6.45, 7) is 0. The molecule has 1 aromatic heterocycles. The van der Waals surface area contributed by atoms with Crippen molar-refractivity contribution in [2.24, 2.45) is 0 Å². The van der Waals surface area contributed by atoms with Gasteiger partial charge in [0.15, 0.2) is 5.16 Å². The molecule has 0 aliphatic carbocycles. The van der Waals surface area contributed by atoms with Crippen LogP contribution < -0.4 is 15.6 Å². The highest BCUT2D eigenvalue weighted by Gasteiger charge is 2.31. The SMILES string of the molecule is C#CCSc1nc2c(c(=O)[nH]1)C(c1cccc(OC)c1)CC(=O)N2. The summed E-state index contributed by atoms with van der Waals surface area (Å²) < 4.78 is 5.23. The van der Waals surface area contributed by atoms with Crippen molar-refractivity contribution in [1.29, 1.82) is 0 Å². The number of rotatable bonds is 4. The molecule has 2 heterocycles. The van der Waals surface area contributed by atoms with Crippen LogP contribution in [0.25, 0.3) is 0 Å². The van der Waals surface area contributed by atoms with Crippen LogP contribution in [0.5, 0.6) is 5.75 Å². The Balaban J connectivity index is 2.07. The second-order valence-electron chi connectivity index (χ2n) is 5.21. The van der Waals surface area contributed by atoms with Gasteiger partial charge in [0.1, 0.15) is 11.6 Å². The average Bonchev–Trinajstić information content (AvgIpc) is 2.59. The monoisotopic (exact) mass is 341 g/mol.